The van der Waals surface area contributed by atoms with Gasteiger partial charge in [0.15, 0.2) is 0 Å². The highest BCUT2D eigenvalue weighted by molar-refractivity contribution is 5.23. The van der Waals surface area contributed by atoms with Crippen LogP contribution in [0.5, 0.6) is 0 Å². The minimum Gasteiger partial charge on any atom is -0.393 e. The Bertz CT molecular complexity index is 385. The molecule has 1 fully saturated rings. The van der Waals surface area contributed by atoms with Gasteiger partial charge in [-0.1, -0.05) is 12.1 Å². The number of hydrogen-bond acceptors (Lipinski definition) is 3. The van der Waals surface area contributed by atoms with Crippen molar-refractivity contribution in [2.75, 3.05) is 13.2 Å². The summed E-state index contributed by atoms with van der Waals surface area (Å²) in [6.07, 6.45) is 1.99. The van der Waals surface area contributed by atoms with Crippen molar-refractivity contribution in [2.24, 2.45) is 0 Å². The Morgan fingerprint density at radius 3 is 2.50 bits per heavy atom. The van der Waals surface area contributed by atoms with Crippen LogP contribution in [0.1, 0.15) is 31.2 Å². The smallest absolute Gasteiger partial charge is 0.123 e. The highest BCUT2D eigenvalue weighted by Crippen LogP contribution is 2.36. The Hall–Kier alpha value is -0.970. The topological polar surface area (TPSA) is 52.5 Å². The SMILES string of the molecule is CC(O)(CO)CNC1CC(c2ccc(F)cc2)C1. The van der Waals surface area contributed by atoms with Gasteiger partial charge in [0, 0.05) is 12.6 Å². The molecule has 0 saturated heterocycles. The minimum atomic E-state index is -1.05. The molecular formula is C14H20FNO2. The first-order chi connectivity index (χ1) is 8.50. The van der Waals surface area contributed by atoms with Crippen LogP contribution in [0.3, 0.4) is 0 Å². The van der Waals surface area contributed by atoms with E-state index in [0.717, 1.165) is 12.8 Å². The average molecular weight is 253 g/mol. The first-order valence-corrected chi connectivity index (χ1v) is 6.32. The molecule has 0 spiro atoms. The van der Waals surface area contributed by atoms with Crippen LogP contribution in [0.15, 0.2) is 24.3 Å². The van der Waals surface area contributed by atoms with Gasteiger partial charge in [-0.25, -0.2) is 4.39 Å². The molecule has 3 N–H and O–H groups in total. The molecule has 100 valence electrons. The van der Waals surface area contributed by atoms with E-state index in [4.69, 9.17) is 5.11 Å². The van der Waals surface area contributed by atoms with E-state index < -0.39 is 5.60 Å². The normalized spacial score (nSPS) is 26.4. The number of benzene rings is 1. The summed E-state index contributed by atoms with van der Waals surface area (Å²) in [6, 6.07) is 7.03. The van der Waals surface area contributed by atoms with Crippen molar-refractivity contribution in [2.45, 2.75) is 37.3 Å². The fourth-order valence-corrected chi connectivity index (χ4v) is 2.21. The molecule has 0 aliphatic heterocycles. The van der Waals surface area contributed by atoms with Gasteiger partial charge in [-0.15, -0.1) is 0 Å². The van der Waals surface area contributed by atoms with Gasteiger partial charge < -0.3 is 15.5 Å². The zero-order chi connectivity index (χ0) is 13.2. The molecule has 1 aromatic rings. The van der Waals surface area contributed by atoms with E-state index in [1.54, 1.807) is 6.92 Å². The van der Waals surface area contributed by atoms with Crippen LogP contribution in [0.4, 0.5) is 4.39 Å². The molecule has 2 rings (SSSR count). The maximum atomic E-state index is 12.8. The monoisotopic (exact) mass is 253 g/mol. The van der Waals surface area contributed by atoms with Crippen molar-refractivity contribution in [1.29, 1.82) is 0 Å². The number of aliphatic hydroxyl groups excluding tert-OH is 1. The molecule has 1 atom stereocenters. The van der Waals surface area contributed by atoms with Gasteiger partial charge in [0.25, 0.3) is 0 Å². The van der Waals surface area contributed by atoms with E-state index in [-0.39, 0.29) is 12.4 Å². The Balaban J connectivity index is 1.75. The minimum absolute atomic E-state index is 0.202. The van der Waals surface area contributed by atoms with Crippen LogP contribution in [0.2, 0.25) is 0 Å². The van der Waals surface area contributed by atoms with Gasteiger partial charge in [-0.05, 0) is 43.4 Å². The summed E-state index contributed by atoms with van der Waals surface area (Å²) >= 11 is 0. The maximum Gasteiger partial charge on any atom is 0.123 e. The molecule has 0 radical (unpaired) electrons. The first kappa shape index (κ1) is 13.5. The molecule has 0 amide bonds. The number of hydrogen-bond donors (Lipinski definition) is 3. The lowest BCUT2D eigenvalue weighted by Crippen LogP contribution is -2.48. The van der Waals surface area contributed by atoms with Crippen molar-refractivity contribution in [3.63, 3.8) is 0 Å². The molecule has 0 heterocycles. The van der Waals surface area contributed by atoms with Gasteiger partial charge in [0.2, 0.25) is 0 Å². The van der Waals surface area contributed by atoms with E-state index in [1.165, 1.54) is 17.7 Å². The predicted octanol–water partition coefficient (Wildman–Crippen LogP) is 1.40. The van der Waals surface area contributed by atoms with Crippen LogP contribution in [-0.4, -0.2) is 35.0 Å². The molecule has 18 heavy (non-hydrogen) atoms. The first-order valence-electron chi connectivity index (χ1n) is 6.32. The van der Waals surface area contributed by atoms with Crippen LogP contribution in [0, 0.1) is 5.82 Å². The molecule has 4 heteroatoms. The molecule has 3 nitrogen and oxygen atoms in total. The summed E-state index contributed by atoms with van der Waals surface area (Å²) in [6.45, 7) is 1.76. The van der Waals surface area contributed by atoms with Gasteiger partial charge in [0.05, 0.1) is 12.2 Å². The molecule has 1 saturated carbocycles. The quantitative estimate of drug-likeness (QED) is 0.743. The summed E-state index contributed by atoms with van der Waals surface area (Å²) in [5.41, 5.74) is 0.115. The van der Waals surface area contributed by atoms with Crippen LogP contribution >= 0.6 is 0 Å². The Morgan fingerprint density at radius 1 is 1.33 bits per heavy atom. The standard InChI is InChI=1S/C14H20FNO2/c1-14(18,9-17)8-16-13-6-11(7-13)10-2-4-12(15)5-3-10/h2-5,11,13,16-18H,6-9H2,1H3. The van der Waals surface area contributed by atoms with Gasteiger partial charge in [-0.3, -0.25) is 0 Å². The number of halogens is 1. The third-order valence-electron chi connectivity index (χ3n) is 3.59. The lowest BCUT2D eigenvalue weighted by Gasteiger charge is -2.38. The summed E-state index contributed by atoms with van der Waals surface area (Å²) in [5.74, 6) is 0.272. The van der Waals surface area contributed by atoms with E-state index in [9.17, 15) is 9.50 Å². The van der Waals surface area contributed by atoms with Crippen molar-refractivity contribution in [1.82, 2.24) is 5.32 Å². The van der Waals surface area contributed by atoms with E-state index in [1.807, 2.05) is 12.1 Å². The fourth-order valence-electron chi connectivity index (χ4n) is 2.21. The summed E-state index contributed by atoms with van der Waals surface area (Å²) in [7, 11) is 0. The Kier molecular flexibility index (Phi) is 4.00. The molecule has 1 unspecified atom stereocenters. The molecule has 1 aromatic carbocycles. The molecule has 1 aliphatic carbocycles. The third-order valence-corrected chi connectivity index (χ3v) is 3.59. The largest absolute Gasteiger partial charge is 0.393 e. The van der Waals surface area contributed by atoms with E-state index >= 15 is 0 Å². The molecular weight excluding hydrogens is 233 g/mol. The van der Waals surface area contributed by atoms with Crippen molar-refractivity contribution >= 4 is 0 Å². The second-order valence-corrected chi connectivity index (χ2v) is 5.45. The Labute approximate surface area is 107 Å². The number of rotatable bonds is 5. The zero-order valence-corrected chi connectivity index (χ0v) is 10.6. The van der Waals surface area contributed by atoms with E-state index in [2.05, 4.69) is 5.32 Å². The summed E-state index contributed by atoms with van der Waals surface area (Å²) in [5, 5.41) is 21.8. The average Bonchev–Trinajstić information content (AvgIpc) is 2.29. The highest BCUT2D eigenvalue weighted by atomic mass is 19.1. The van der Waals surface area contributed by atoms with Crippen molar-refractivity contribution < 1.29 is 14.6 Å². The van der Waals surface area contributed by atoms with Crippen LogP contribution < -0.4 is 5.32 Å². The second kappa shape index (κ2) is 5.34. The summed E-state index contributed by atoms with van der Waals surface area (Å²) in [4.78, 5) is 0. The van der Waals surface area contributed by atoms with Crippen molar-refractivity contribution in [3.05, 3.63) is 35.6 Å². The van der Waals surface area contributed by atoms with Crippen molar-refractivity contribution in [3.8, 4) is 0 Å². The number of aliphatic hydroxyl groups is 2. The van der Waals surface area contributed by atoms with Gasteiger partial charge >= 0.3 is 0 Å². The lowest BCUT2D eigenvalue weighted by atomic mass is 9.75. The van der Waals surface area contributed by atoms with Crippen LogP contribution in [-0.2, 0) is 0 Å². The maximum absolute atomic E-state index is 12.8. The molecule has 1 aliphatic rings. The predicted molar refractivity (Wildman–Crippen MR) is 67.9 cm³/mol. The third kappa shape index (κ3) is 3.28. The lowest BCUT2D eigenvalue weighted by molar-refractivity contribution is -0.00185. The Morgan fingerprint density at radius 2 is 1.94 bits per heavy atom. The fraction of sp³-hybridized carbons (Fsp3) is 0.571. The van der Waals surface area contributed by atoms with Gasteiger partial charge in [-0.2, -0.15) is 0 Å². The van der Waals surface area contributed by atoms with E-state index in [0.29, 0.717) is 18.5 Å². The highest BCUT2D eigenvalue weighted by Gasteiger charge is 2.31. The zero-order valence-electron chi connectivity index (χ0n) is 10.6. The van der Waals surface area contributed by atoms with Crippen LogP contribution in [0.25, 0.3) is 0 Å². The number of nitrogens with one attached hydrogen (secondary N) is 1. The second-order valence-electron chi connectivity index (χ2n) is 5.45. The molecule has 0 aromatic heterocycles. The van der Waals surface area contributed by atoms with Gasteiger partial charge in [0.1, 0.15) is 5.82 Å². The molecule has 0 bridgehead atoms. The summed E-state index contributed by atoms with van der Waals surface area (Å²) < 4.78 is 12.8.